The van der Waals surface area contributed by atoms with Crippen molar-refractivity contribution >= 4 is 22.8 Å². The van der Waals surface area contributed by atoms with Crippen LogP contribution >= 0.6 is 11.8 Å². The number of hydrogen-bond donors (Lipinski definition) is 0. The van der Waals surface area contributed by atoms with Crippen LogP contribution in [0.3, 0.4) is 0 Å². The third-order valence-corrected chi connectivity index (χ3v) is 5.35. The van der Waals surface area contributed by atoms with E-state index in [1.165, 1.54) is 24.0 Å². The second-order valence-electron chi connectivity index (χ2n) is 5.91. The summed E-state index contributed by atoms with van der Waals surface area (Å²) in [6.45, 7) is 3.63. The molecule has 1 aliphatic heterocycles. The van der Waals surface area contributed by atoms with E-state index in [4.69, 9.17) is 0 Å². The van der Waals surface area contributed by atoms with Gasteiger partial charge in [-0.05, 0) is 25.3 Å². The molecule has 0 saturated heterocycles. The van der Waals surface area contributed by atoms with Crippen LogP contribution in [0.25, 0.3) is 0 Å². The molecule has 3 rings (SSSR count). The highest BCUT2D eigenvalue weighted by atomic mass is 32.2. The Labute approximate surface area is 130 Å². The van der Waals surface area contributed by atoms with Crippen molar-refractivity contribution in [3.8, 4) is 0 Å². The Bertz CT molecular complexity index is 532. The van der Waals surface area contributed by atoms with Gasteiger partial charge in [0.2, 0.25) is 5.91 Å². The van der Waals surface area contributed by atoms with Gasteiger partial charge in [-0.2, -0.15) is 0 Å². The molecule has 4 heteroatoms. The van der Waals surface area contributed by atoms with Gasteiger partial charge in [0.05, 0.1) is 6.54 Å². The van der Waals surface area contributed by atoms with Crippen molar-refractivity contribution in [3.63, 3.8) is 0 Å². The van der Waals surface area contributed by atoms with E-state index in [9.17, 15) is 4.79 Å². The lowest BCUT2D eigenvalue weighted by molar-refractivity contribution is -0.130. The van der Waals surface area contributed by atoms with E-state index < -0.39 is 0 Å². The Morgan fingerprint density at radius 1 is 1.29 bits per heavy atom. The molecule has 0 bridgehead atoms. The lowest BCUT2D eigenvalue weighted by atomic mass is 10.1. The summed E-state index contributed by atoms with van der Waals surface area (Å²) in [5.74, 6) is 1.43. The number of carbonyl (C=O) groups excluding carboxylic acids is 1. The fourth-order valence-corrected chi connectivity index (χ4v) is 3.99. The van der Waals surface area contributed by atoms with Gasteiger partial charge < -0.3 is 0 Å². The molecular formula is C17H22N2OS. The molecule has 0 spiro atoms. The fraction of sp³-hybridized carbons (Fsp3) is 0.529. The molecule has 1 aliphatic carbocycles. The van der Waals surface area contributed by atoms with Crippen LogP contribution in [0.15, 0.2) is 29.3 Å². The molecule has 1 aromatic rings. The number of hydrogen-bond acceptors (Lipinski definition) is 3. The van der Waals surface area contributed by atoms with Crippen LogP contribution in [0.1, 0.15) is 36.8 Å². The van der Waals surface area contributed by atoms with Gasteiger partial charge in [-0.15, -0.1) is 0 Å². The normalized spacial score (nSPS) is 19.1. The number of carbonyl (C=O) groups is 1. The highest BCUT2D eigenvalue weighted by Gasteiger charge is 2.31. The predicted octanol–water partition coefficient (Wildman–Crippen LogP) is 3.62. The van der Waals surface area contributed by atoms with Gasteiger partial charge in [-0.1, -0.05) is 54.4 Å². The first-order chi connectivity index (χ1) is 10.2. The number of amides is 1. The molecule has 21 heavy (non-hydrogen) atoms. The van der Waals surface area contributed by atoms with Crippen LogP contribution in [0.5, 0.6) is 0 Å². The van der Waals surface area contributed by atoms with Gasteiger partial charge >= 0.3 is 0 Å². The quantitative estimate of drug-likeness (QED) is 0.854. The minimum atomic E-state index is 0.244. The number of rotatable bonds is 3. The minimum Gasteiger partial charge on any atom is -0.289 e. The molecule has 0 unspecified atom stereocenters. The lowest BCUT2D eigenvalue weighted by Crippen LogP contribution is -2.36. The molecule has 0 N–H and O–H groups in total. The van der Waals surface area contributed by atoms with Crippen LogP contribution < -0.4 is 0 Å². The van der Waals surface area contributed by atoms with Gasteiger partial charge in [-0.3, -0.25) is 14.7 Å². The SMILES string of the molecule is Cc1ccc(CSC2=NCCN2C(=O)C2CCCC2)cc1. The molecule has 1 amide bonds. The van der Waals surface area contributed by atoms with E-state index in [0.29, 0.717) is 5.91 Å². The summed E-state index contributed by atoms with van der Waals surface area (Å²) in [7, 11) is 0. The van der Waals surface area contributed by atoms with Crippen LogP contribution in [0, 0.1) is 12.8 Å². The third kappa shape index (κ3) is 3.49. The van der Waals surface area contributed by atoms with Crippen molar-refractivity contribution in [2.75, 3.05) is 13.1 Å². The van der Waals surface area contributed by atoms with E-state index in [2.05, 4.69) is 36.2 Å². The molecule has 1 fully saturated rings. The second-order valence-corrected chi connectivity index (χ2v) is 6.85. The summed E-state index contributed by atoms with van der Waals surface area (Å²) in [5.41, 5.74) is 2.56. The van der Waals surface area contributed by atoms with E-state index in [1.54, 1.807) is 11.8 Å². The van der Waals surface area contributed by atoms with Crippen LogP contribution in [0.2, 0.25) is 0 Å². The maximum Gasteiger partial charge on any atom is 0.231 e. The average molecular weight is 302 g/mol. The fourth-order valence-electron chi connectivity index (χ4n) is 2.98. The standard InChI is InChI=1S/C17H22N2OS/c1-13-6-8-14(9-7-13)12-21-17-18-10-11-19(17)16(20)15-4-2-3-5-15/h6-9,15H,2-5,10-12H2,1H3. The number of nitrogens with zero attached hydrogens (tertiary/aromatic N) is 2. The molecular weight excluding hydrogens is 280 g/mol. The summed E-state index contributed by atoms with van der Waals surface area (Å²) in [4.78, 5) is 19.0. The van der Waals surface area contributed by atoms with Crippen LogP contribution in [0.4, 0.5) is 0 Å². The topological polar surface area (TPSA) is 32.7 Å². The smallest absolute Gasteiger partial charge is 0.231 e. The maximum atomic E-state index is 12.5. The first-order valence-corrected chi connectivity index (χ1v) is 8.77. The summed E-state index contributed by atoms with van der Waals surface area (Å²) in [6.07, 6.45) is 4.52. The molecule has 112 valence electrons. The molecule has 0 aromatic heterocycles. The Hall–Kier alpha value is -1.29. The third-order valence-electron chi connectivity index (χ3n) is 4.26. The highest BCUT2D eigenvalue weighted by molar-refractivity contribution is 8.13. The average Bonchev–Trinajstić information content (AvgIpc) is 3.17. The molecule has 3 nitrogen and oxygen atoms in total. The predicted molar refractivity (Wildman–Crippen MR) is 88.4 cm³/mol. The molecule has 1 heterocycles. The van der Waals surface area contributed by atoms with Crippen molar-refractivity contribution in [1.82, 2.24) is 4.90 Å². The van der Waals surface area contributed by atoms with Crippen molar-refractivity contribution in [2.45, 2.75) is 38.4 Å². The van der Waals surface area contributed by atoms with Crippen molar-refractivity contribution in [1.29, 1.82) is 0 Å². The van der Waals surface area contributed by atoms with Gasteiger partial charge in [0.15, 0.2) is 5.17 Å². The van der Waals surface area contributed by atoms with Crippen molar-refractivity contribution in [3.05, 3.63) is 35.4 Å². The zero-order valence-electron chi connectivity index (χ0n) is 12.5. The number of aryl methyl sites for hydroxylation is 1. The minimum absolute atomic E-state index is 0.244. The van der Waals surface area contributed by atoms with E-state index in [1.807, 2.05) is 4.90 Å². The van der Waals surface area contributed by atoms with Gasteiger partial charge in [0, 0.05) is 18.2 Å². The van der Waals surface area contributed by atoms with Crippen LogP contribution in [-0.2, 0) is 10.5 Å². The van der Waals surface area contributed by atoms with E-state index >= 15 is 0 Å². The van der Waals surface area contributed by atoms with Crippen molar-refractivity contribution in [2.24, 2.45) is 10.9 Å². The molecule has 0 radical (unpaired) electrons. The van der Waals surface area contributed by atoms with Gasteiger partial charge in [0.1, 0.15) is 0 Å². The molecule has 0 atom stereocenters. The molecule has 1 saturated carbocycles. The Morgan fingerprint density at radius 2 is 2.00 bits per heavy atom. The first-order valence-electron chi connectivity index (χ1n) is 7.78. The van der Waals surface area contributed by atoms with E-state index in [-0.39, 0.29) is 5.92 Å². The monoisotopic (exact) mass is 302 g/mol. The maximum absolute atomic E-state index is 12.5. The second kappa shape index (κ2) is 6.65. The summed E-state index contributed by atoms with van der Waals surface area (Å²) in [6, 6.07) is 8.57. The Balaban J connectivity index is 1.59. The largest absolute Gasteiger partial charge is 0.289 e. The summed E-state index contributed by atoms with van der Waals surface area (Å²) < 4.78 is 0. The van der Waals surface area contributed by atoms with E-state index in [0.717, 1.165) is 36.9 Å². The van der Waals surface area contributed by atoms with Crippen LogP contribution in [-0.4, -0.2) is 29.1 Å². The zero-order chi connectivity index (χ0) is 14.7. The Kier molecular flexibility index (Phi) is 4.63. The number of aliphatic imine (C=N–C) groups is 1. The number of benzene rings is 1. The summed E-state index contributed by atoms with van der Waals surface area (Å²) >= 11 is 1.69. The lowest BCUT2D eigenvalue weighted by Gasteiger charge is -2.21. The Morgan fingerprint density at radius 3 is 2.71 bits per heavy atom. The summed E-state index contributed by atoms with van der Waals surface area (Å²) in [5, 5.41) is 0.924. The van der Waals surface area contributed by atoms with Gasteiger partial charge in [-0.25, -0.2) is 0 Å². The molecule has 1 aromatic carbocycles. The van der Waals surface area contributed by atoms with Gasteiger partial charge in [0.25, 0.3) is 0 Å². The number of amidine groups is 1. The molecule has 2 aliphatic rings. The van der Waals surface area contributed by atoms with Crippen molar-refractivity contribution < 1.29 is 4.79 Å². The number of thioether (sulfide) groups is 1. The highest BCUT2D eigenvalue weighted by Crippen LogP contribution is 2.29. The first kappa shape index (κ1) is 14.6. The zero-order valence-corrected chi connectivity index (χ0v) is 13.4.